The average Bonchev–Trinajstić information content (AvgIpc) is 2.67. The second-order valence-corrected chi connectivity index (χ2v) is 8.24. The number of ether oxygens (including phenoxy) is 2. The number of hydrogen-bond donors (Lipinski definition) is 1. The first-order valence-corrected chi connectivity index (χ1v) is 10.3. The fraction of sp³-hybridized carbons (Fsp3) is 0.455. The summed E-state index contributed by atoms with van der Waals surface area (Å²) in [6.07, 6.45) is -0.490. The highest BCUT2D eigenvalue weighted by atomic mass is 79.9. The van der Waals surface area contributed by atoms with Gasteiger partial charge in [0.2, 0.25) is 0 Å². The van der Waals surface area contributed by atoms with E-state index in [2.05, 4.69) is 52.9 Å². The number of hydrogen-bond acceptors (Lipinski definition) is 4. The van der Waals surface area contributed by atoms with E-state index < -0.39 is 6.10 Å². The third-order valence-electron chi connectivity index (χ3n) is 4.83. The minimum atomic E-state index is -0.533. The molecule has 0 amide bonds. The van der Waals surface area contributed by atoms with E-state index in [1.807, 2.05) is 30.3 Å². The molecule has 0 aromatic heterocycles. The summed E-state index contributed by atoms with van der Waals surface area (Å²) in [5.74, 6) is 1.26. The van der Waals surface area contributed by atoms with E-state index in [1.165, 1.54) is 11.1 Å². The fourth-order valence-electron chi connectivity index (χ4n) is 3.37. The maximum absolute atomic E-state index is 10.5. The number of nitrogens with zero attached hydrogens (tertiary/aromatic N) is 1. The van der Waals surface area contributed by atoms with Crippen LogP contribution in [0.15, 0.2) is 53.0 Å². The van der Waals surface area contributed by atoms with Crippen molar-refractivity contribution in [1.29, 1.82) is 0 Å². The Balaban J connectivity index is 1.52. The van der Waals surface area contributed by atoms with Crippen molar-refractivity contribution < 1.29 is 14.6 Å². The lowest BCUT2D eigenvalue weighted by Crippen LogP contribution is -2.43. The number of aliphatic hydroxyl groups excluding tert-OH is 1. The van der Waals surface area contributed by atoms with Crippen LogP contribution in [0.2, 0.25) is 0 Å². The standard InChI is InChI=1S/C22H28BrNO3/c1-16(2)20-5-3-4-6-21(20)27-15-19(25)13-24-11-12-26-22(14-24)17-7-9-18(23)10-8-17/h3-10,16,19,22,25H,11-15H2,1-2H3. The van der Waals surface area contributed by atoms with E-state index >= 15 is 0 Å². The van der Waals surface area contributed by atoms with Crippen molar-refractivity contribution >= 4 is 15.9 Å². The zero-order chi connectivity index (χ0) is 19.2. The number of rotatable bonds is 7. The monoisotopic (exact) mass is 433 g/mol. The van der Waals surface area contributed by atoms with Gasteiger partial charge in [0.15, 0.2) is 0 Å². The molecule has 27 heavy (non-hydrogen) atoms. The summed E-state index contributed by atoms with van der Waals surface area (Å²) in [6.45, 7) is 7.45. The molecule has 2 aromatic rings. The highest BCUT2D eigenvalue weighted by Crippen LogP contribution is 2.26. The van der Waals surface area contributed by atoms with Crippen molar-refractivity contribution in [2.45, 2.75) is 32.0 Å². The Hall–Kier alpha value is -1.40. The van der Waals surface area contributed by atoms with E-state index in [0.717, 1.165) is 23.3 Å². The Bertz CT molecular complexity index is 720. The van der Waals surface area contributed by atoms with Crippen molar-refractivity contribution in [2.24, 2.45) is 0 Å². The van der Waals surface area contributed by atoms with Gasteiger partial charge >= 0.3 is 0 Å². The van der Waals surface area contributed by atoms with Crippen LogP contribution in [0.1, 0.15) is 37.0 Å². The molecule has 1 N–H and O–H groups in total. The quantitative estimate of drug-likeness (QED) is 0.702. The smallest absolute Gasteiger partial charge is 0.122 e. The van der Waals surface area contributed by atoms with Crippen LogP contribution in [0.25, 0.3) is 0 Å². The molecule has 4 nitrogen and oxygen atoms in total. The van der Waals surface area contributed by atoms with Crippen molar-refractivity contribution in [3.8, 4) is 5.75 Å². The van der Waals surface area contributed by atoms with Gasteiger partial charge in [-0.2, -0.15) is 0 Å². The summed E-state index contributed by atoms with van der Waals surface area (Å²) in [4.78, 5) is 2.25. The van der Waals surface area contributed by atoms with Gasteiger partial charge < -0.3 is 14.6 Å². The second kappa shape index (κ2) is 9.69. The molecule has 5 heteroatoms. The van der Waals surface area contributed by atoms with Crippen molar-refractivity contribution in [3.05, 3.63) is 64.1 Å². The maximum Gasteiger partial charge on any atom is 0.122 e. The second-order valence-electron chi connectivity index (χ2n) is 7.33. The molecule has 146 valence electrons. The highest BCUT2D eigenvalue weighted by Gasteiger charge is 2.24. The molecule has 1 fully saturated rings. The average molecular weight is 434 g/mol. The van der Waals surface area contributed by atoms with Gasteiger partial charge in [0.1, 0.15) is 18.5 Å². The zero-order valence-corrected chi connectivity index (χ0v) is 17.6. The molecule has 0 aliphatic carbocycles. The summed E-state index contributed by atoms with van der Waals surface area (Å²) in [5, 5.41) is 10.5. The van der Waals surface area contributed by atoms with E-state index in [0.29, 0.717) is 25.7 Å². The predicted octanol–water partition coefficient (Wildman–Crippen LogP) is 4.39. The van der Waals surface area contributed by atoms with Crippen LogP contribution >= 0.6 is 15.9 Å². The molecule has 1 heterocycles. The van der Waals surface area contributed by atoms with Gasteiger partial charge in [-0.25, -0.2) is 0 Å². The van der Waals surface area contributed by atoms with E-state index in [-0.39, 0.29) is 6.10 Å². The summed E-state index contributed by atoms with van der Waals surface area (Å²) in [6, 6.07) is 16.3. The molecule has 0 saturated carbocycles. The highest BCUT2D eigenvalue weighted by molar-refractivity contribution is 9.10. The van der Waals surface area contributed by atoms with Gasteiger partial charge in [0.25, 0.3) is 0 Å². The Morgan fingerprint density at radius 2 is 1.93 bits per heavy atom. The molecular weight excluding hydrogens is 406 g/mol. The summed E-state index contributed by atoms with van der Waals surface area (Å²) in [7, 11) is 0. The largest absolute Gasteiger partial charge is 0.491 e. The van der Waals surface area contributed by atoms with Crippen LogP contribution < -0.4 is 4.74 Å². The first-order chi connectivity index (χ1) is 13.0. The van der Waals surface area contributed by atoms with Gasteiger partial charge in [0, 0.05) is 24.1 Å². The molecular formula is C22H28BrNO3. The van der Waals surface area contributed by atoms with Crippen molar-refractivity contribution in [1.82, 2.24) is 4.90 Å². The van der Waals surface area contributed by atoms with E-state index in [1.54, 1.807) is 0 Å². The van der Waals surface area contributed by atoms with E-state index in [9.17, 15) is 5.11 Å². The Labute approximate surface area is 170 Å². The van der Waals surface area contributed by atoms with Crippen LogP contribution in [-0.2, 0) is 4.74 Å². The molecule has 2 aromatic carbocycles. The van der Waals surface area contributed by atoms with Crippen LogP contribution in [-0.4, -0.2) is 49.0 Å². The van der Waals surface area contributed by atoms with Crippen LogP contribution in [0.5, 0.6) is 5.75 Å². The molecule has 1 saturated heterocycles. The molecule has 2 unspecified atom stereocenters. The lowest BCUT2D eigenvalue weighted by Gasteiger charge is -2.34. The number of aliphatic hydroxyl groups is 1. The fourth-order valence-corrected chi connectivity index (χ4v) is 3.64. The Morgan fingerprint density at radius 1 is 1.19 bits per heavy atom. The van der Waals surface area contributed by atoms with Crippen LogP contribution in [0, 0.1) is 0 Å². The summed E-state index contributed by atoms with van der Waals surface area (Å²) >= 11 is 3.47. The summed E-state index contributed by atoms with van der Waals surface area (Å²) < 4.78 is 12.9. The first kappa shape index (κ1) is 20.3. The predicted molar refractivity (Wildman–Crippen MR) is 111 cm³/mol. The molecule has 1 aliphatic heterocycles. The molecule has 0 bridgehead atoms. The Morgan fingerprint density at radius 3 is 2.67 bits per heavy atom. The zero-order valence-electron chi connectivity index (χ0n) is 16.0. The van der Waals surface area contributed by atoms with Gasteiger partial charge in [-0.05, 0) is 35.2 Å². The molecule has 1 aliphatic rings. The number of benzene rings is 2. The number of para-hydroxylation sites is 1. The third kappa shape index (κ3) is 5.79. The molecule has 0 radical (unpaired) electrons. The third-order valence-corrected chi connectivity index (χ3v) is 5.36. The first-order valence-electron chi connectivity index (χ1n) is 9.52. The van der Waals surface area contributed by atoms with Crippen molar-refractivity contribution in [2.75, 3.05) is 32.8 Å². The van der Waals surface area contributed by atoms with E-state index in [4.69, 9.17) is 9.47 Å². The summed E-state index contributed by atoms with van der Waals surface area (Å²) in [5.41, 5.74) is 2.34. The van der Waals surface area contributed by atoms with Crippen LogP contribution in [0.3, 0.4) is 0 Å². The topological polar surface area (TPSA) is 41.9 Å². The minimum absolute atomic E-state index is 0.0432. The lowest BCUT2D eigenvalue weighted by molar-refractivity contribution is -0.0459. The number of β-amino-alcohol motifs (C(OH)–C–C–N with tert-alkyl or cyclic N) is 1. The minimum Gasteiger partial charge on any atom is -0.491 e. The van der Waals surface area contributed by atoms with Crippen LogP contribution in [0.4, 0.5) is 0 Å². The van der Waals surface area contributed by atoms with Gasteiger partial charge in [0.05, 0.1) is 12.7 Å². The molecule has 2 atom stereocenters. The Kier molecular flexibility index (Phi) is 7.30. The normalized spacial score (nSPS) is 19.2. The van der Waals surface area contributed by atoms with Gasteiger partial charge in [-0.3, -0.25) is 4.90 Å². The van der Waals surface area contributed by atoms with Gasteiger partial charge in [-0.1, -0.05) is 60.1 Å². The van der Waals surface area contributed by atoms with Gasteiger partial charge in [-0.15, -0.1) is 0 Å². The number of morpholine rings is 1. The molecule has 0 spiro atoms. The SMILES string of the molecule is CC(C)c1ccccc1OCC(O)CN1CCOC(c2ccc(Br)cc2)C1. The van der Waals surface area contributed by atoms with Crippen molar-refractivity contribution in [3.63, 3.8) is 0 Å². The number of halogens is 1. The molecule has 3 rings (SSSR count). The lowest BCUT2D eigenvalue weighted by atomic mass is 10.0. The maximum atomic E-state index is 10.5.